The van der Waals surface area contributed by atoms with Gasteiger partial charge in [-0.3, -0.25) is 0 Å². The van der Waals surface area contributed by atoms with Gasteiger partial charge in [-0.2, -0.15) is 0 Å². The molecule has 0 amide bonds. The van der Waals surface area contributed by atoms with E-state index in [1.165, 1.54) is 82.6 Å². The second-order valence-corrected chi connectivity index (χ2v) is 5.39. The van der Waals surface area contributed by atoms with E-state index >= 15 is 0 Å². The molecule has 17 heavy (non-hydrogen) atoms. The van der Waals surface area contributed by atoms with Crippen LogP contribution in [0.4, 0.5) is 0 Å². The van der Waals surface area contributed by atoms with Gasteiger partial charge in [0.2, 0.25) is 0 Å². The molecular weight excluding hydrogens is 204 g/mol. The molecule has 0 aliphatic carbocycles. The number of hydrogen-bond donors (Lipinski definition) is 0. The van der Waals surface area contributed by atoms with Gasteiger partial charge in [0.15, 0.2) is 0 Å². The maximum Gasteiger partial charge on any atom is -0.0323 e. The molecule has 0 aromatic heterocycles. The highest BCUT2D eigenvalue weighted by Crippen LogP contribution is 2.14. The Morgan fingerprint density at radius 1 is 0.647 bits per heavy atom. The highest BCUT2D eigenvalue weighted by molar-refractivity contribution is 4.91. The molecule has 0 saturated carbocycles. The summed E-state index contributed by atoms with van der Waals surface area (Å²) >= 11 is 0. The Morgan fingerprint density at radius 3 is 1.47 bits per heavy atom. The first kappa shape index (κ1) is 16.7. The monoisotopic (exact) mass is 238 g/mol. The van der Waals surface area contributed by atoms with Gasteiger partial charge in [0.05, 0.1) is 0 Å². The third-order valence-corrected chi connectivity index (χ3v) is 3.63. The SMILES string of the molecule is C=C(CC)CCCCCCCCCCCCC. The van der Waals surface area contributed by atoms with Gasteiger partial charge in [-0.15, -0.1) is 0 Å². The lowest BCUT2D eigenvalue weighted by atomic mass is 10.0. The van der Waals surface area contributed by atoms with Crippen molar-refractivity contribution >= 4 is 0 Å². The first-order valence-electron chi connectivity index (χ1n) is 7.97. The van der Waals surface area contributed by atoms with Crippen molar-refractivity contribution in [3.63, 3.8) is 0 Å². The summed E-state index contributed by atoms with van der Waals surface area (Å²) < 4.78 is 0. The normalized spacial score (nSPS) is 10.7. The summed E-state index contributed by atoms with van der Waals surface area (Å²) in [6.45, 7) is 8.55. The molecule has 0 atom stereocenters. The van der Waals surface area contributed by atoms with Crippen LogP contribution in [0.1, 0.15) is 97.3 Å². The lowest BCUT2D eigenvalue weighted by Crippen LogP contribution is -1.83. The van der Waals surface area contributed by atoms with E-state index in [0.29, 0.717) is 0 Å². The van der Waals surface area contributed by atoms with E-state index in [4.69, 9.17) is 0 Å². The van der Waals surface area contributed by atoms with E-state index in [1.54, 1.807) is 0 Å². The van der Waals surface area contributed by atoms with Crippen molar-refractivity contribution in [2.45, 2.75) is 97.3 Å². The summed E-state index contributed by atoms with van der Waals surface area (Å²) in [5.74, 6) is 0. The highest BCUT2D eigenvalue weighted by Gasteiger charge is 1.94. The summed E-state index contributed by atoms with van der Waals surface area (Å²) in [6, 6.07) is 0. The van der Waals surface area contributed by atoms with Crippen LogP contribution in [0.3, 0.4) is 0 Å². The standard InChI is InChI=1S/C17H34/c1-4-6-7-8-9-10-11-12-13-14-15-16-17(3)5-2/h3-16H2,1-2H3. The predicted octanol–water partition coefficient (Wildman–Crippen LogP) is 6.65. The van der Waals surface area contributed by atoms with Crippen molar-refractivity contribution in [1.29, 1.82) is 0 Å². The highest BCUT2D eigenvalue weighted by atomic mass is 14.0. The van der Waals surface area contributed by atoms with Crippen LogP contribution < -0.4 is 0 Å². The molecule has 0 saturated heterocycles. The minimum atomic E-state index is 1.16. The fraction of sp³-hybridized carbons (Fsp3) is 0.882. The van der Waals surface area contributed by atoms with Crippen LogP contribution >= 0.6 is 0 Å². The van der Waals surface area contributed by atoms with Crippen molar-refractivity contribution in [1.82, 2.24) is 0 Å². The van der Waals surface area contributed by atoms with E-state index in [2.05, 4.69) is 20.4 Å². The van der Waals surface area contributed by atoms with Gasteiger partial charge in [0.25, 0.3) is 0 Å². The summed E-state index contributed by atoms with van der Waals surface area (Å²) in [7, 11) is 0. The fourth-order valence-electron chi connectivity index (χ4n) is 2.22. The summed E-state index contributed by atoms with van der Waals surface area (Å²) in [5, 5.41) is 0. The second kappa shape index (κ2) is 13.8. The summed E-state index contributed by atoms with van der Waals surface area (Å²) in [4.78, 5) is 0. The van der Waals surface area contributed by atoms with Crippen molar-refractivity contribution in [3.8, 4) is 0 Å². The predicted molar refractivity (Wildman–Crippen MR) is 80.5 cm³/mol. The minimum Gasteiger partial charge on any atom is -0.0999 e. The Labute approximate surface area is 110 Å². The molecule has 0 aromatic carbocycles. The smallest absolute Gasteiger partial charge is 0.0323 e. The molecule has 0 spiro atoms. The third kappa shape index (κ3) is 13.7. The Bertz CT molecular complexity index is 157. The molecule has 0 rings (SSSR count). The number of allylic oxidation sites excluding steroid dienone is 1. The lowest BCUT2D eigenvalue weighted by Gasteiger charge is -2.03. The molecule has 0 nitrogen and oxygen atoms in total. The molecule has 0 bridgehead atoms. The van der Waals surface area contributed by atoms with Crippen LogP contribution in [0.2, 0.25) is 0 Å². The summed E-state index contributed by atoms with van der Waals surface area (Å²) in [5.41, 5.74) is 1.43. The van der Waals surface area contributed by atoms with E-state index in [-0.39, 0.29) is 0 Å². The number of unbranched alkanes of at least 4 members (excludes halogenated alkanes) is 10. The lowest BCUT2D eigenvalue weighted by molar-refractivity contribution is 0.548. The largest absolute Gasteiger partial charge is 0.0999 e. The molecule has 0 heteroatoms. The molecule has 0 fully saturated rings. The maximum absolute atomic E-state index is 4.06. The molecule has 0 radical (unpaired) electrons. The van der Waals surface area contributed by atoms with Crippen LogP contribution in [-0.4, -0.2) is 0 Å². The molecular formula is C17H34. The topological polar surface area (TPSA) is 0 Å². The van der Waals surface area contributed by atoms with Crippen LogP contribution in [0.15, 0.2) is 12.2 Å². The fourth-order valence-corrected chi connectivity index (χ4v) is 2.22. The van der Waals surface area contributed by atoms with Gasteiger partial charge in [0, 0.05) is 0 Å². The van der Waals surface area contributed by atoms with E-state index in [9.17, 15) is 0 Å². The van der Waals surface area contributed by atoms with Gasteiger partial charge in [0.1, 0.15) is 0 Å². The van der Waals surface area contributed by atoms with Crippen molar-refractivity contribution < 1.29 is 0 Å². The van der Waals surface area contributed by atoms with E-state index in [1.807, 2.05) is 0 Å². The van der Waals surface area contributed by atoms with Crippen LogP contribution in [-0.2, 0) is 0 Å². The van der Waals surface area contributed by atoms with Crippen molar-refractivity contribution in [2.75, 3.05) is 0 Å². The second-order valence-electron chi connectivity index (χ2n) is 5.39. The quantitative estimate of drug-likeness (QED) is 0.249. The first-order chi connectivity index (χ1) is 8.31. The Hall–Kier alpha value is -0.260. The first-order valence-corrected chi connectivity index (χ1v) is 7.97. The van der Waals surface area contributed by atoms with Gasteiger partial charge in [-0.25, -0.2) is 0 Å². The molecule has 0 aliphatic rings. The molecule has 102 valence electrons. The molecule has 0 N–H and O–H groups in total. The zero-order chi connectivity index (χ0) is 12.8. The maximum atomic E-state index is 4.06. The van der Waals surface area contributed by atoms with Gasteiger partial charge in [-0.05, 0) is 19.3 Å². The third-order valence-electron chi connectivity index (χ3n) is 3.63. The van der Waals surface area contributed by atoms with Gasteiger partial charge in [-0.1, -0.05) is 90.2 Å². The van der Waals surface area contributed by atoms with Gasteiger partial charge >= 0.3 is 0 Å². The van der Waals surface area contributed by atoms with Gasteiger partial charge < -0.3 is 0 Å². The van der Waals surface area contributed by atoms with Crippen LogP contribution in [0, 0.1) is 0 Å². The molecule has 0 unspecified atom stereocenters. The van der Waals surface area contributed by atoms with Crippen LogP contribution in [0.25, 0.3) is 0 Å². The average Bonchev–Trinajstić information content (AvgIpc) is 2.35. The van der Waals surface area contributed by atoms with E-state index in [0.717, 1.165) is 6.42 Å². The average molecular weight is 238 g/mol. The molecule has 0 heterocycles. The van der Waals surface area contributed by atoms with Crippen LogP contribution in [0.5, 0.6) is 0 Å². The number of hydrogen-bond acceptors (Lipinski definition) is 0. The van der Waals surface area contributed by atoms with Crippen molar-refractivity contribution in [2.24, 2.45) is 0 Å². The van der Waals surface area contributed by atoms with E-state index < -0.39 is 0 Å². The Morgan fingerprint density at radius 2 is 1.06 bits per heavy atom. The zero-order valence-corrected chi connectivity index (χ0v) is 12.4. The zero-order valence-electron chi connectivity index (χ0n) is 12.4. The van der Waals surface area contributed by atoms with Crippen molar-refractivity contribution in [3.05, 3.63) is 12.2 Å². The molecule has 0 aliphatic heterocycles. The minimum absolute atomic E-state index is 1.16. The summed E-state index contributed by atoms with van der Waals surface area (Å²) in [6.07, 6.45) is 18.2. The Kier molecular flexibility index (Phi) is 13.6. The number of rotatable bonds is 13. The molecule has 0 aromatic rings. The Balaban J connectivity index is 2.96.